The molecule has 0 spiro atoms. The lowest BCUT2D eigenvalue weighted by Gasteiger charge is -2.22. The molecule has 0 aromatic heterocycles. The van der Waals surface area contributed by atoms with Crippen LogP contribution in [0, 0.1) is 15.9 Å². The predicted molar refractivity (Wildman–Crippen MR) is 86.5 cm³/mol. The van der Waals surface area contributed by atoms with E-state index in [9.17, 15) is 27.7 Å². The number of hydrogen-bond acceptors (Lipinski definition) is 5. The lowest BCUT2D eigenvalue weighted by molar-refractivity contribution is -0.387. The van der Waals surface area contributed by atoms with E-state index in [1.54, 1.807) is 6.92 Å². The molecular formula is C13H15ClFN3O5S. The minimum Gasteiger partial charge on any atom is -0.268 e. The van der Waals surface area contributed by atoms with E-state index in [1.807, 2.05) is 0 Å². The van der Waals surface area contributed by atoms with Crippen molar-refractivity contribution in [1.29, 1.82) is 0 Å². The average molecular weight is 380 g/mol. The predicted octanol–water partition coefficient (Wildman–Crippen LogP) is 2.26. The van der Waals surface area contributed by atoms with Crippen LogP contribution >= 0.6 is 11.6 Å². The number of rotatable bonds is 8. The third kappa shape index (κ3) is 4.49. The van der Waals surface area contributed by atoms with Crippen LogP contribution in [-0.2, 0) is 10.2 Å². The highest BCUT2D eigenvalue weighted by molar-refractivity contribution is 7.87. The summed E-state index contributed by atoms with van der Waals surface area (Å²) >= 11 is 5.76. The van der Waals surface area contributed by atoms with Crippen molar-refractivity contribution >= 4 is 33.4 Å². The Morgan fingerprint density at radius 1 is 1.54 bits per heavy atom. The molecule has 1 aromatic carbocycles. The number of nitro groups is 1. The number of nitrogens with one attached hydrogen (secondary N) is 1. The fourth-order valence-electron chi connectivity index (χ4n) is 1.75. The zero-order chi connectivity index (χ0) is 18.5. The molecule has 0 aliphatic heterocycles. The number of hydrogen-bond donors (Lipinski definition) is 1. The van der Waals surface area contributed by atoms with Crippen LogP contribution in [0.2, 0.25) is 5.02 Å². The van der Waals surface area contributed by atoms with Crippen molar-refractivity contribution in [2.75, 3.05) is 13.1 Å². The lowest BCUT2D eigenvalue weighted by Crippen LogP contribution is -2.45. The summed E-state index contributed by atoms with van der Waals surface area (Å²) in [5.41, 5.74) is -1.46. The molecule has 0 saturated carbocycles. The van der Waals surface area contributed by atoms with Gasteiger partial charge in [0.1, 0.15) is 0 Å². The van der Waals surface area contributed by atoms with Gasteiger partial charge in [-0.25, -0.2) is 4.31 Å². The number of nitro benzene ring substituents is 1. The van der Waals surface area contributed by atoms with E-state index < -0.39 is 43.1 Å². The largest absolute Gasteiger partial charge is 0.305 e. The van der Waals surface area contributed by atoms with Crippen LogP contribution in [-0.4, -0.2) is 36.6 Å². The van der Waals surface area contributed by atoms with Crippen molar-refractivity contribution in [3.63, 3.8) is 0 Å². The number of carbonyl (C=O) groups excluding carboxylic acids is 1. The van der Waals surface area contributed by atoms with Crippen LogP contribution in [0.3, 0.4) is 0 Å². The fraction of sp³-hybridized carbons (Fsp3) is 0.308. The van der Waals surface area contributed by atoms with Crippen LogP contribution in [0.15, 0.2) is 24.8 Å². The number of nitrogens with zero attached hydrogens (tertiary/aromatic N) is 2. The Morgan fingerprint density at radius 2 is 2.17 bits per heavy atom. The van der Waals surface area contributed by atoms with Crippen molar-refractivity contribution in [1.82, 2.24) is 9.03 Å². The molecule has 24 heavy (non-hydrogen) atoms. The molecule has 1 rings (SSSR count). The highest BCUT2D eigenvalue weighted by Gasteiger charge is 2.30. The highest BCUT2D eigenvalue weighted by Crippen LogP contribution is 2.27. The fourth-order valence-corrected chi connectivity index (χ4v) is 3.21. The first-order valence-electron chi connectivity index (χ1n) is 6.71. The molecule has 0 aliphatic rings. The first-order valence-corrected chi connectivity index (χ1v) is 8.53. The summed E-state index contributed by atoms with van der Waals surface area (Å²) < 4.78 is 40.5. The zero-order valence-corrected chi connectivity index (χ0v) is 14.2. The van der Waals surface area contributed by atoms with Crippen molar-refractivity contribution in [3.05, 3.63) is 51.3 Å². The summed E-state index contributed by atoms with van der Waals surface area (Å²) in [6.45, 7) is 4.69. The van der Waals surface area contributed by atoms with Crippen LogP contribution in [0.25, 0.3) is 0 Å². The van der Waals surface area contributed by atoms with Crippen LogP contribution in [0.4, 0.5) is 10.1 Å². The van der Waals surface area contributed by atoms with Crippen molar-refractivity contribution in [3.8, 4) is 0 Å². The lowest BCUT2D eigenvalue weighted by atomic mass is 10.1. The monoisotopic (exact) mass is 379 g/mol. The third-order valence-electron chi connectivity index (χ3n) is 2.82. The topological polar surface area (TPSA) is 110 Å². The molecule has 0 fully saturated rings. The summed E-state index contributed by atoms with van der Waals surface area (Å²) in [5, 5.41) is 10.4. The smallest absolute Gasteiger partial charge is 0.268 e. The summed E-state index contributed by atoms with van der Waals surface area (Å²) in [7, 11) is -4.21. The SMILES string of the molecule is C=CCNS(=O)(=O)N(CCC)C(=O)c1cc([N+](=O)[O-])c(F)cc1Cl. The molecule has 0 bridgehead atoms. The molecule has 1 N–H and O–H groups in total. The van der Waals surface area contributed by atoms with Crippen molar-refractivity contribution < 1.29 is 22.5 Å². The van der Waals surface area contributed by atoms with E-state index in [1.165, 1.54) is 6.08 Å². The molecule has 1 aromatic rings. The normalized spacial score (nSPS) is 11.1. The molecule has 0 atom stereocenters. The van der Waals surface area contributed by atoms with Gasteiger partial charge >= 0.3 is 15.9 Å². The summed E-state index contributed by atoms with van der Waals surface area (Å²) in [5.74, 6) is -2.32. The molecule has 1 amide bonds. The van der Waals surface area contributed by atoms with E-state index in [0.717, 1.165) is 0 Å². The summed E-state index contributed by atoms with van der Waals surface area (Å²) in [6.07, 6.45) is 1.57. The molecule has 0 unspecified atom stereocenters. The molecule has 0 aliphatic carbocycles. The van der Waals surface area contributed by atoms with Crippen molar-refractivity contribution in [2.45, 2.75) is 13.3 Å². The van der Waals surface area contributed by atoms with Crippen molar-refractivity contribution in [2.24, 2.45) is 0 Å². The van der Waals surface area contributed by atoms with Gasteiger partial charge in [0.2, 0.25) is 5.82 Å². The van der Waals surface area contributed by atoms with Gasteiger partial charge in [-0.1, -0.05) is 24.6 Å². The second-order valence-electron chi connectivity index (χ2n) is 4.56. The summed E-state index contributed by atoms with van der Waals surface area (Å²) in [6, 6.07) is 1.21. The second kappa shape index (κ2) is 8.18. The maximum atomic E-state index is 13.5. The number of benzene rings is 1. The van der Waals surface area contributed by atoms with E-state index in [-0.39, 0.29) is 13.1 Å². The van der Waals surface area contributed by atoms with Gasteiger partial charge in [0.25, 0.3) is 5.91 Å². The highest BCUT2D eigenvalue weighted by atomic mass is 35.5. The summed E-state index contributed by atoms with van der Waals surface area (Å²) in [4.78, 5) is 22.3. The van der Waals surface area contributed by atoms with Gasteiger partial charge < -0.3 is 0 Å². The number of halogens is 2. The van der Waals surface area contributed by atoms with Gasteiger partial charge in [0.05, 0.1) is 15.5 Å². The Morgan fingerprint density at radius 3 is 2.67 bits per heavy atom. The Labute approximate surface area is 143 Å². The quantitative estimate of drug-likeness (QED) is 0.423. The Balaban J connectivity index is 3.37. The van der Waals surface area contributed by atoms with E-state index in [4.69, 9.17) is 11.6 Å². The number of amides is 1. The standard InChI is InChI=1S/C13H15ClFN3O5S/c1-3-5-16-24(22,23)17(6-4-2)13(19)9-7-12(18(20)21)11(15)8-10(9)14/h3,7-8,16H,1,4-6H2,2H3. The van der Waals surface area contributed by atoms with Crippen LogP contribution < -0.4 is 4.72 Å². The Bertz CT molecular complexity index is 769. The third-order valence-corrected chi connectivity index (χ3v) is 4.59. The van der Waals surface area contributed by atoms with E-state index in [0.29, 0.717) is 22.9 Å². The second-order valence-corrected chi connectivity index (χ2v) is 6.65. The minimum absolute atomic E-state index is 0.118. The molecule has 8 nitrogen and oxygen atoms in total. The minimum atomic E-state index is -4.21. The Kier molecular flexibility index (Phi) is 6.81. The van der Waals surface area contributed by atoms with Gasteiger partial charge in [-0.05, 0) is 6.42 Å². The average Bonchev–Trinajstić information content (AvgIpc) is 2.49. The molecule has 11 heteroatoms. The van der Waals surface area contributed by atoms with Gasteiger partial charge in [-0.3, -0.25) is 14.9 Å². The maximum absolute atomic E-state index is 13.5. The van der Waals surface area contributed by atoms with Gasteiger partial charge in [0, 0.05) is 25.2 Å². The molecule has 0 radical (unpaired) electrons. The number of carbonyl (C=O) groups is 1. The van der Waals surface area contributed by atoms with E-state index in [2.05, 4.69) is 11.3 Å². The van der Waals surface area contributed by atoms with E-state index >= 15 is 0 Å². The van der Waals surface area contributed by atoms with Crippen LogP contribution in [0.1, 0.15) is 23.7 Å². The van der Waals surface area contributed by atoms with Gasteiger partial charge in [-0.2, -0.15) is 17.5 Å². The molecule has 0 heterocycles. The van der Waals surface area contributed by atoms with Gasteiger partial charge in [0.15, 0.2) is 0 Å². The van der Waals surface area contributed by atoms with Crippen LogP contribution in [0.5, 0.6) is 0 Å². The zero-order valence-electron chi connectivity index (χ0n) is 12.7. The maximum Gasteiger partial charge on any atom is 0.305 e. The molecular weight excluding hydrogens is 365 g/mol. The van der Waals surface area contributed by atoms with Gasteiger partial charge in [-0.15, -0.1) is 6.58 Å². The Hall–Kier alpha value is -2.04. The first-order chi connectivity index (χ1) is 11.2. The first kappa shape index (κ1) is 20.0. The molecule has 0 saturated heterocycles. The molecule has 132 valence electrons.